The van der Waals surface area contributed by atoms with Crippen LogP contribution in [0.25, 0.3) is 0 Å². The van der Waals surface area contributed by atoms with E-state index in [4.69, 9.17) is 19.6 Å². The number of hydrogen-bond acceptors (Lipinski definition) is 7. The summed E-state index contributed by atoms with van der Waals surface area (Å²) in [5.41, 5.74) is -1.15. The highest BCUT2D eigenvalue weighted by Gasteiger charge is 2.53. The summed E-state index contributed by atoms with van der Waals surface area (Å²) in [6, 6.07) is 25.0. The number of ether oxygens (including phenoxy) is 2. The molecule has 1 aliphatic rings. The predicted molar refractivity (Wildman–Crippen MR) is 172 cm³/mol. The van der Waals surface area contributed by atoms with Crippen molar-refractivity contribution in [2.75, 3.05) is 19.0 Å². The quantitative estimate of drug-likeness (QED) is 0.166. The van der Waals surface area contributed by atoms with Crippen LogP contribution >= 0.6 is 15.9 Å². The monoisotopic (exact) mass is 712 g/mol. The molecule has 2 atom stereocenters. The van der Waals surface area contributed by atoms with Crippen molar-refractivity contribution >= 4 is 37.6 Å². The highest BCUT2D eigenvalue weighted by Crippen LogP contribution is 2.43. The van der Waals surface area contributed by atoms with Crippen LogP contribution in [-0.2, 0) is 25.9 Å². The average Bonchev–Trinajstić information content (AvgIpc) is 3.46. The third-order valence-corrected chi connectivity index (χ3v) is 9.80. The molecule has 0 saturated carbocycles. The summed E-state index contributed by atoms with van der Waals surface area (Å²) < 4.78 is 68.7. The fraction of sp³-hybridized carbons (Fsp3) is 0.235. The second kappa shape index (κ2) is 14.5. The van der Waals surface area contributed by atoms with E-state index in [0.717, 1.165) is 16.6 Å². The maximum absolute atomic E-state index is 14.5. The van der Waals surface area contributed by atoms with Gasteiger partial charge in [-0.25, -0.2) is 22.2 Å². The lowest BCUT2D eigenvalue weighted by Crippen LogP contribution is -2.49. The first-order valence-corrected chi connectivity index (χ1v) is 16.9. The zero-order valence-electron chi connectivity index (χ0n) is 24.5. The molecule has 0 aromatic heterocycles. The Balaban J connectivity index is 1.56. The number of rotatable bonds is 13. The number of aliphatic hydroxyl groups excluding tert-OH is 1. The molecule has 4 aromatic carbocycles. The molecule has 4 aromatic rings. The van der Waals surface area contributed by atoms with Crippen LogP contribution in [0.1, 0.15) is 35.6 Å². The van der Waals surface area contributed by atoms with Gasteiger partial charge in [-0.1, -0.05) is 52.3 Å². The third kappa shape index (κ3) is 7.46. The van der Waals surface area contributed by atoms with Gasteiger partial charge >= 0.3 is 0 Å². The number of aliphatic imine (C=N–C) groups is 1. The third-order valence-electron chi connectivity index (χ3n) is 7.54. The van der Waals surface area contributed by atoms with E-state index < -0.39 is 51.3 Å². The largest absolute Gasteiger partial charge is 0.494 e. The molecule has 5 rings (SSSR count). The van der Waals surface area contributed by atoms with Gasteiger partial charge in [-0.05, 0) is 66.2 Å². The van der Waals surface area contributed by atoms with Gasteiger partial charge in [0, 0.05) is 41.6 Å². The van der Waals surface area contributed by atoms with E-state index >= 15 is 0 Å². The number of amides is 1. The Hall–Kier alpha value is -4.13. The van der Waals surface area contributed by atoms with Crippen LogP contribution in [0.4, 0.5) is 8.78 Å². The van der Waals surface area contributed by atoms with Crippen LogP contribution in [-0.4, -0.2) is 49.8 Å². The molecule has 0 spiro atoms. The van der Waals surface area contributed by atoms with Crippen molar-refractivity contribution in [3.8, 4) is 5.75 Å². The Labute approximate surface area is 274 Å². The molecule has 2 N–H and O–H groups in total. The highest BCUT2D eigenvalue weighted by atomic mass is 79.9. The molecule has 8 nitrogen and oxygen atoms in total. The molecule has 1 heterocycles. The van der Waals surface area contributed by atoms with Crippen molar-refractivity contribution in [3.05, 3.63) is 130 Å². The SMILES string of the molecule is O=C(NCc1c(F)cccc1F)[C@]1(CCS(=O)(=O)c2ccccc2)N=C(c2ccc(OCCCO)cc2)O[C@@H]1c1ccc(Br)cc1. The minimum atomic E-state index is -3.88. The normalized spacial score (nSPS) is 17.7. The van der Waals surface area contributed by atoms with E-state index in [9.17, 15) is 22.0 Å². The highest BCUT2D eigenvalue weighted by molar-refractivity contribution is 9.10. The molecule has 0 unspecified atom stereocenters. The molecule has 0 bridgehead atoms. The van der Waals surface area contributed by atoms with Crippen molar-refractivity contribution in [2.24, 2.45) is 4.99 Å². The van der Waals surface area contributed by atoms with Crippen LogP contribution < -0.4 is 10.1 Å². The Morgan fingerprint density at radius 2 is 1.63 bits per heavy atom. The van der Waals surface area contributed by atoms with Crippen molar-refractivity contribution in [1.82, 2.24) is 5.32 Å². The molecule has 240 valence electrons. The fourth-order valence-corrected chi connectivity index (χ4v) is 6.72. The fourth-order valence-electron chi connectivity index (χ4n) is 5.07. The minimum Gasteiger partial charge on any atom is -0.494 e. The minimum absolute atomic E-state index is 0.00608. The predicted octanol–water partition coefficient (Wildman–Crippen LogP) is 5.93. The summed E-state index contributed by atoms with van der Waals surface area (Å²) in [4.78, 5) is 19.1. The van der Waals surface area contributed by atoms with Crippen LogP contribution in [0.15, 0.2) is 111 Å². The smallest absolute Gasteiger partial charge is 0.252 e. The number of sulfone groups is 1. The topological polar surface area (TPSA) is 114 Å². The van der Waals surface area contributed by atoms with E-state index in [0.29, 0.717) is 29.9 Å². The number of halogens is 3. The first-order valence-electron chi connectivity index (χ1n) is 14.5. The Kier molecular flexibility index (Phi) is 10.5. The Morgan fingerprint density at radius 3 is 2.28 bits per heavy atom. The molecule has 12 heteroatoms. The summed E-state index contributed by atoms with van der Waals surface area (Å²) in [7, 11) is -3.88. The van der Waals surface area contributed by atoms with E-state index in [1.807, 2.05) is 0 Å². The van der Waals surface area contributed by atoms with Gasteiger partial charge in [-0.15, -0.1) is 0 Å². The molecule has 1 aliphatic heterocycles. The molecular weight excluding hydrogens is 682 g/mol. The van der Waals surface area contributed by atoms with E-state index in [1.165, 1.54) is 18.2 Å². The van der Waals surface area contributed by atoms with Crippen molar-refractivity contribution in [2.45, 2.75) is 35.9 Å². The van der Waals surface area contributed by atoms with Crippen molar-refractivity contribution in [3.63, 3.8) is 0 Å². The van der Waals surface area contributed by atoms with Gasteiger partial charge in [0.05, 0.1) is 17.3 Å². The molecule has 1 amide bonds. The van der Waals surface area contributed by atoms with Crippen molar-refractivity contribution < 1.29 is 36.6 Å². The number of carbonyl (C=O) groups excluding carboxylic acids is 1. The summed E-state index contributed by atoms with van der Waals surface area (Å²) >= 11 is 3.41. The Morgan fingerprint density at radius 1 is 0.957 bits per heavy atom. The zero-order chi connectivity index (χ0) is 32.7. The average molecular weight is 714 g/mol. The van der Waals surface area contributed by atoms with Gasteiger partial charge in [0.1, 0.15) is 17.4 Å². The van der Waals surface area contributed by atoms with Crippen LogP contribution in [0.5, 0.6) is 5.75 Å². The van der Waals surface area contributed by atoms with Crippen LogP contribution in [0.3, 0.4) is 0 Å². The molecule has 0 aliphatic carbocycles. The lowest BCUT2D eigenvalue weighted by atomic mass is 9.85. The van der Waals surface area contributed by atoms with Crippen LogP contribution in [0.2, 0.25) is 0 Å². The van der Waals surface area contributed by atoms with Gasteiger partial charge in [-0.3, -0.25) is 4.79 Å². The number of nitrogens with one attached hydrogen (secondary N) is 1. The summed E-state index contributed by atoms with van der Waals surface area (Å²) in [6.45, 7) is -0.184. The van der Waals surface area contributed by atoms with E-state index in [1.54, 1.807) is 66.7 Å². The van der Waals surface area contributed by atoms with Crippen LogP contribution in [0, 0.1) is 11.6 Å². The summed E-state index contributed by atoms with van der Waals surface area (Å²) in [6.07, 6.45) is -0.928. The Bertz CT molecular complexity index is 1790. The lowest BCUT2D eigenvalue weighted by molar-refractivity contribution is -0.129. The number of hydrogen-bond donors (Lipinski definition) is 2. The lowest BCUT2D eigenvalue weighted by Gasteiger charge is -2.30. The molecule has 46 heavy (non-hydrogen) atoms. The van der Waals surface area contributed by atoms with Gasteiger partial charge in [0.25, 0.3) is 5.91 Å². The first kappa shape index (κ1) is 33.2. The molecule has 0 fully saturated rings. The molecule has 0 saturated heterocycles. The maximum Gasteiger partial charge on any atom is 0.252 e. The maximum atomic E-state index is 14.5. The molecular formula is C34H31BrF2N2O6S. The second-order valence-corrected chi connectivity index (χ2v) is 13.6. The van der Waals surface area contributed by atoms with Gasteiger partial charge in [-0.2, -0.15) is 0 Å². The first-order chi connectivity index (χ1) is 22.1. The number of benzene rings is 4. The number of carbonyl (C=O) groups is 1. The summed E-state index contributed by atoms with van der Waals surface area (Å²) in [5.74, 6) is -2.27. The van der Waals surface area contributed by atoms with Gasteiger partial charge in [0.15, 0.2) is 21.5 Å². The number of aliphatic hydroxyl groups is 1. The summed E-state index contributed by atoms with van der Waals surface area (Å²) in [5, 5.41) is 11.6. The second-order valence-electron chi connectivity index (χ2n) is 10.6. The number of nitrogens with zero attached hydrogens (tertiary/aromatic N) is 1. The van der Waals surface area contributed by atoms with Gasteiger partial charge < -0.3 is 19.9 Å². The molecule has 0 radical (unpaired) electrons. The van der Waals surface area contributed by atoms with E-state index in [-0.39, 0.29) is 29.4 Å². The standard InChI is InChI=1S/C34H31BrF2N2O6S/c35-25-14-10-23(11-15-25)31-34(18-21-46(42,43)27-6-2-1-3-7-27,33(41)38-22-28-29(36)8-4-9-30(28)37)39-32(45-31)24-12-16-26(17-13-24)44-20-5-19-40/h1-4,6-17,31,40H,5,18-22H2,(H,38,41)/t31-,34-/m1/s1. The zero-order valence-corrected chi connectivity index (χ0v) is 26.9. The van der Waals surface area contributed by atoms with Gasteiger partial charge in [0.2, 0.25) is 5.90 Å². The van der Waals surface area contributed by atoms with Crippen molar-refractivity contribution in [1.29, 1.82) is 0 Å². The van der Waals surface area contributed by atoms with E-state index in [2.05, 4.69) is 21.2 Å².